The molecule has 5 nitrogen and oxygen atoms in total. The number of benzene rings is 1. The second kappa shape index (κ2) is 5.69. The molecule has 0 spiro atoms. The van der Waals surface area contributed by atoms with Crippen LogP contribution in [0.25, 0.3) is 22.4 Å². The predicted molar refractivity (Wildman–Crippen MR) is 84.8 cm³/mol. The molecule has 0 aliphatic heterocycles. The third-order valence-electron chi connectivity index (χ3n) is 3.65. The molecule has 2 N–H and O–H groups in total. The van der Waals surface area contributed by atoms with E-state index in [2.05, 4.69) is 40.9 Å². The van der Waals surface area contributed by atoms with Crippen LogP contribution < -0.4 is 0 Å². The summed E-state index contributed by atoms with van der Waals surface area (Å²) in [7, 11) is 0. The van der Waals surface area contributed by atoms with E-state index in [4.69, 9.17) is 5.11 Å². The second-order valence-corrected chi connectivity index (χ2v) is 5.53. The molecule has 112 valence electrons. The van der Waals surface area contributed by atoms with E-state index < -0.39 is 12.4 Å². The Kier molecular flexibility index (Phi) is 3.73. The molecule has 0 aliphatic rings. The lowest BCUT2D eigenvalue weighted by Crippen LogP contribution is -2.06. The molecular formula is C17H17N3O2. The van der Waals surface area contributed by atoms with Crippen LogP contribution >= 0.6 is 0 Å². The fraction of sp³-hybridized carbons (Fsp3) is 0.235. The number of imidazole rings is 1. The lowest BCUT2D eigenvalue weighted by atomic mass is 10.0. The van der Waals surface area contributed by atoms with Gasteiger partial charge in [-0.1, -0.05) is 38.1 Å². The number of hydrogen-bond donors (Lipinski definition) is 2. The maximum atomic E-state index is 11.5. The topological polar surface area (TPSA) is 78.9 Å². The van der Waals surface area contributed by atoms with E-state index in [0.717, 1.165) is 16.9 Å². The predicted octanol–water partition coefficient (Wildman–Crippen LogP) is 2.92. The zero-order chi connectivity index (χ0) is 15.7. The van der Waals surface area contributed by atoms with Crippen LogP contribution in [-0.4, -0.2) is 32.4 Å². The zero-order valence-electron chi connectivity index (χ0n) is 12.5. The monoisotopic (exact) mass is 295 g/mol. The number of aliphatic hydroxyl groups excluding tert-OH is 1. The smallest absolute Gasteiger partial charge is 0.206 e. The minimum absolute atomic E-state index is 0.225. The Morgan fingerprint density at radius 2 is 2.00 bits per heavy atom. The zero-order valence-corrected chi connectivity index (χ0v) is 12.5. The van der Waals surface area contributed by atoms with Crippen LogP contribution in [0.3, 0.4) is 0 Å². The van der Waals surface area contributed by atoms with Gasteiger partial charge in [0.2, 0.25) is 5.78 Å². The Hall–Kier alpha value is -2.53. The van der Waals surface area contributed by atoms with Crippen LogP contribution in [0, 0.1) is 0 Å². The normalized spacial score (nSPS) is 11.3. The first kappa shape index (κ1) is 14.4. The third kappa shape index (κ3) is 2.63. The largest absolute Gasteiger partial charge is 0.388 e. The van der Waals surface area contributed by atoms with Crippen molar-refractivity contribution >= 4 is 16.8 Å². The first-order valence-electron chi connectivity index (χ1n) is 7.18. The summed E-state index contributed by atoms with van der Waals surface area (Å²) in [5.74, 6) is 0.814. The van der Waals surface area contributed by atoms with Crippen LogP contribution in [-0.2, 0) is 0 Å². The fourth-order valence-electron chi connectivity index (χ4n) is 2.31. The standard InChI is InChI=1S/C17H17N3O2/c1-10(2)11-3-5-12(6-4-11)17-19-13-7-14(16(22)9-21)18-8-15(13)20-17/h3-8,10,21H,9H2,1-2H3,(H,19,20). The van der Waals surface area contributed by atoms with Gasteiger partial charge in [-0.3, -0.25) is 9.78 Å². The number of fused-ring (bicyclic) bond motifs is 1. The first-order valence-corrected chi connectivity index (χ1v) is 7.18. The number of aromatic nitrogens is 3. The molecular weight excluding hydrogens is 278 g/mol. The van der Waals surface area contributed by atoms with Crippen molar-refractivity contribution in [1.82, 2.24) is 15.0 Å². The number of carbonyl (C=O) groups is 1. The average Bonchev–Trinajstić information content (AvgIpc) is 2.97. The van der Waals surface area contributed by atoms with Gasteiger partial charge in [-0.05, 0) is 17.5 Å². The summed E-state index contributed by atoms with van der Waals surface area (Å²) in [5.41, 5.74) is 3.91. The molecule has 0 unspecified atom stereocenters. The maximum Gasteiger partial charge on any atom is 0.206 e. The number of Topliss-reactive ketones (excluding diaryl/α,β-unsaturated/α-hetero) is 1. The van der Waals surface area contributed by atoms with Crippen molar-refractivity contribution in [2.45, 2.75) is 19.8 Å². The van der Waals surface area contributed by atoms with Gasteiger partial charge in [-0.25, -0.2) is 4.98 Å². The lowest BCUT2D eigenvalue weighted by Gasteiger charge is -2.05. The molecule has 2 heterocycles. The number of ketones is 1. The molecule has 0 bridgehead atoms. The van der Waals surface area contributed by atoms with Gasteiger partial charge in [0, 0.05) is 5.56 Å². The number of H-pyrrole nitrogens is 1. The number of pyridine rings is 1. The van der Waals surface area contributed by atoms with Crippen LogP contribution in [0.5, 0.6) is 0 Å². The van der Waals surface area contributed by atoms with Gasteiger partial charge in [0.05, 0.1) is 17.2 Å². The van der Waals surface area contributed by atoms with E-state index in [1.165, 1.54) is 5.56 Å². The second-order valence-electron chi connectivity index (χ2n) is 5.53. The number of nitrogens with one attached hydrogen (secondary N) is 1. The van der Waals surface area contributed by atoms with Crippen molar-refractivity contribution in [2.24, 2.45) is 0 Å². The third-order valence-corrected chi connectivity index (χ3v) is 3.65. The van der Waals surface area contributed by atoms with E-state index in [9.17, 15) is 4.79 Å². The summed E-state index contributed by atoms with van der Waals surface area (Å²) in [6.45, 7) is 3.76. The summed E-state index contributed by atoms with van der Waals surface area (Å²) in [5, 5.41) is 8.90. The van der Waals surface area contributed by atoms with Gasteiger partial charge >= 0.3 is 0 Å². The molecule has 0 amide bonds. The van der Waals surface area contributed by atoms with Crippen LogP contribution in [0.15, 0.2) is 36.5 Å². The van der Waals surface area contributed by atoms with Gasteiger partial charge < -0.3 is 10.1 Å². The number of aromatic amines is 1. The van der Waals surface area contributed by atoms with E-state index in [1.807, 2.05) is 12.1 Å². The summed E-state index contributed by atoms with van der Waals surface area (Å²) < 4.78 is 0. The molecule has 0 atom stereocenters. The number of carbonyl (C=O) groups excluding carboxylic acids is 1. The lowest BCUT2D eigenvalue weighted by molar-refractivity contribution is 0.0899. The van der Waals surface area contributed by atoms with Crippen molar-refractivity contribution in [3.05, 3.63) is 47.8 Å². The molecule has 22 heavy (non-hydrogen) atoms. The molecule has 0 radical (unpaired) electrons. The fourth-order valence-corrected chi connectivity index (χ4v) is 2.31. The van der Waals surface area contributed by atoms with Gasteiger partial charge in [0.15, 0.2) is 0 Å². The van der Waals surface area contributed by atoms with E-state index >= 15 is 0 Å². The van der Waals surface area contributed by atoms with Gasteiger partial charge in [-0.15, -0.1) is 0 Å². The highest BCUT2D eigenvalue weighted by atomic mass is 16.3. The van der Waals surface area contributed by atoms with E-state index in [-0.39, 0.29) is 5.69 Å². The van der Waals surface area contributed by atoms with Gasteiger partial charge in [0.25, 0.3) is 0 Å². The van der Waals surface area contributed by atoms with Crippen LogP contribution in [0.4, 0.5) is 0 Å². The van der Waals surface area contributed by atoms with E-state index in [1.54, 1.807) is 12.3 Å². The maximum absolute atomic E-state index is 11.5. The minimum Gasteiger partial charge on any atom is -0.388 e. The van der Waals surface area contributed by atoms with Crippen molar-refractivity contribution in [2.75, 3.05) is 6.61 Å². The molecule has 3 aromatic rings. The molecule has 0 saturated carbocycles. The Bertz CT molecular complexity index is 820. The molecule has 0 aliphatic carbocycles. The molecule has 5 heteroatoms. The van der Waals surface area contributed by atoms with Crippen molar-refractivity contribution in [3.8, 4) is 11.4 Å². The minimum atomic E-state index is -0.549. The number of hydrogen-bond acceptors (Lipinski definition) is 4. The first-order chi connectivity index (χ1) is 10.6. The highest BCUT2D eigenvalue weighted by molar-refractivity contribution is 5.97. The number of rotatable bonds is 4. The van der Waals surface area contributed by atoms with Gasteiger partial charge in [-0.2, -0.15) is 0 Å². The van der Waals surface area contributed by atoms with Gasteiger partial charge in [0.1, 0.15) is 18.1 Å². The quantitative estimate of drug-likeness (QED) is 0.725. The molecule has 1 aromatic carbocycles. The Morgan fingerprint density at radius 3 is 2.64 bits per heavy atom. The summed E-state index contributed by atoms with van der Waals surface area (Å²) in [4.78, 5) is 23.2. The Labute approximate surface area is 128 Å². The summed E-state index contributed by atoms with van der Waals surface area (Å²) in [6.07, 6.45) is 1.57. The summed E-state index contributed by atoms with van der Waals surface area (Å²) in [6, 6.07) is 9.83. The van der Waals surface area contributed by atoms with Crippen LogP contribution in [0.1, 0.15) is 35.8 Å². The molecule has 0 saturated heterocycles. The van der Waals surface area contributed by atoms with Crippen molar-refractivity contribution in [1.29, 1.82) is 0 Å². The average molecular weight is 295 g/mol. The SMILES string of the molecule is CC(C)c1ccc(-c2nc3cc(C(=O)CO)ncc3[nH]2)cc1. The van der Waals surface area contributed by atoms with Crippen molar-refractivity contribution in [3.63, 3.8) is 0 Å². The Morgan fingerprint density at radius 1 is 1.27 bits per heavy atom. The van der Waals surface area contributed by atoms with Crippen LogP contribution in [0.2, 0.25) is 0 Å². The van der Waals surface area contributed by atoms with E-state index in [0.29, 0.717) is 11.4 Å². The Balaban J connectivity index is 1.99. The molecule has 3 rings (SSSR count). The number of aliphatic hydroxyl groups is 1. The number of nitrogens with zero attached hydrogens (tertiary/aromatic N) is 2. The highest BCUT2D eigenvalue weighted by Crippen LogP contribution is 2.23. The molecule has 2 aromatic heterocycles. The summed E-state index contributed by atoms with van der Waals surface area (Å²) >= 11 is 0. The molecule has 0 fully saturated rings. The highest BCUT2D eigenvalue weighted by Gasteiger charge is 2.11. The van der Waals surface area contributed by atoms with Crippen molar-refractivity contribution < 1.29 is 9.90 Å².